The number of fused-ring (bicyclic) bond motifs is 1. The maximum absolute atomic E-state index is 13.3. The summed E-state index contributed by atoms with van der Waals surface area (Å²) in [5.41, 5.74) is 3.95. The molecule has 1 aromatic heterocycles. The number of nitrogens with zero attached hydrogens (tertiary/aromatic N) is 2. The van der Waals surface area contributed by atoms with Gasteiger partial charge in [-0.25, -0.2) is 4.98 Å². The van der Waals surface area contributed by atoms with Crippen molar-refractivity contribution in [1.29, 1.82) is 0 Å². The average molecular weight is 480 g/mol. The van der Waals surface area contributed by atoms with E-state index >= 15 is 0 Å². The summed E-state index contributed by atoms with van der Waals surface area (Å²) in [6.45, 7) is 4.74. The number of anilines is 1. The monoisotopic (exact) mass is 479 g/mol. The number of thioether (sulfide) groups is 2. The number of carbonyl (C=O) groups excluding carboxylic acids is 1. The van der Waals surface area contributed by atoms with Gasteiger partial charge in [0, 0.05) is 17.4 Å². The molecule has 172 valence electrons. The molecule has 1 atom stereocenters. The van der Waals surface area contributed by atoms with Gasteiger partial charge in [-0.1, -0.05) is 74.5 Å². The summed E-state index contributed by atoms with van der Waals surface area (Å²) in [7, 11) is 0. The third kappa shape index (κ3) is 6.09. The smallest absolute Gasteiger partial charge is 0.268 e. The molecule has 1 N–H and O–H groups in total. The molecule has 5 nitrogen and oxygen atoms in total. The van der Waals surface area contributed by atoms with Gasteiger partial charge in [-0.2, -0.15) is 0 Å². The van der Waals surface area contributed by atoms with Crippen LogP contribution < -0.4 is 10.9 Å². The predicted molar refractivity (Wildman–Crippen MR) is 137 cm³/mol. The highest BCUT2D eigenvalue weighted by molar-refractivity contribution is 8.00. The Morgan fingerprint density at radius 1 is 1.15 bits per heavy atom. The lowest BCUT2D eigenvalue weighted by Crippen LogP contribution is -2.26. The second-order valence-corrected chi connectivity index (χ2v) is 10.7. The molecule has 3 aromatic rings. The summed E-state index contributed by atoms with van der Waals surface area (Å²) in [5, 5.41) is 3.90. The largest absolute Gasteiger partial charge is 0.325 e. The van der Waals surface area contributed by atoms with Gasteiger partial charge >= 0.3 is 0 Å². The Kier molecular flexibility index (Phi) is 7.93. The first-order valence-corrected chi connectivity index (χ1v) is 13.3. The first-order valence-electron chi connectivity index (χ1n) is 11.4. The van der Waals surface area contributed by atoms with Crippen molar-refractivity contribution in [3.8, 4) is 0 Å². The molecule has 4 rings (SSSR count). The molecule has 0 saturated carbocycles. The van der Waals surface area contributed by atoms with E-state index in [-0.39, 0.29) is 17.2 Å². The van der Waals surface area contributed by atoms with E-state index in [1.54, 1.807) is 16.3 Å². The van der Waals surface area contributed by atoms with E-state index < -0.39 is 0 Å². The molecule has 0 bridgehead atoms. The number of benzene rings is 2. The Hall–Kier alpha value is -2.51. The van der Waals surface area contributed by atoms with Gasteiger partial charge in [-0.3, -0.25) is 14.2 Å². The molecule has 1 aliphatic heterocycles. The fraction of sp³-hybridized carbons (Fsp3) is 0.346. The van der Waals surface area contributed by atoms with Crippen LogP contribution in [-0.4, -0.2) is 26.5 Å². The van der Waals surface area contributed by atoms with Crippen molar-refractivity contribution in [3.05, 3.63) is 81.8 Å². The van der Waals surface area contributed by atoms with E-state index in [9.17, 15) is 9.59 Å². The molecule has 0 fully saturated rings. The summed E-state index contributed by atoms with van der Waals surface area (Å²) >= 11 is 2.92. The van der Waals surface area contributed by atoms with Crippen molar-refractivity contribution >= 4 is 35.1 Å². The number of hydrogen-bond acceptors (Lipinski definition) is 5. The number of unbranched alkanes of at least 4 members (excludes halogenated alkanes) is 1. The topological polar surface area (TPSA) is 64.0 Å². The second kappa shape index (κ2) is 11.1. The van der Waals surface area contributed by atoms with E-state index in [1.807, 2.05) is 42.5 Å². The fourth-order valence-electron chi connectivity index (χ4n) is 3.81. The molecule has 2 aromatic carbocycles. The van der Waals surface area contributed by atoms with Crippen LogP contribution in [0.1, 0.15) is 43.5 Å². The molecule has 0 aliphatic carbocycles. The molecule has 0 saturated heterocycles. The van der Waals surface area contributed by atoms with Crippen LogP contribution in [0.2, 0.25) is 0 Å². The Balaban J connectivity index is 1.47. The minimum atomic E-state index is -0.106. The number of nitrogens with one attached hydrogen (secondary N) is 1. The van der Waals surface area contributed by atoms with Gasteiger partial charge in [0.15, 0.2) is 5.16 Å². The van der Waals surface area contributed by atoms with Crippen molar-refractivity contribution < 1.29 is 4.79 Å². The molecular formula is C26H29N3O2S2. The lowest BCUT2D eigenvalue weighted by molar-refractivity contribution is -0.113. The summed E-state index contributed by atoms with van der Waals surface area (Å²) in [6.07, 6.45) is 4.17. The third-order valence-corrected chi connectivity index (χ3v) is 7.73. The van der Waals surface area contributed by atoms with Crippen LogP contribution in [0.15, 0.2) is 69.4 Å². The lowest BCUT2D eigenvalue weighted by atomic mass is 10.1. The van der Waals surface area contributed by atoms with Gasteiger partial charge in [-0.15, -0.1) is 11.8 Å². The molecule has 33 heavy (non-hydrogen) atoms. The highest BCUT2D eigenvalue weighted by Crippen LogP contribution is 2.34. The van der Waals surface area contributed by atoms with E-state index in [1.165, 1.54) is 23.7 Å². The minimum absolute atomic E-state index is 0.0104. The van der Waals surface area contributed by atoms with Gasteiger partial charge in [0.2, 0.25) is 5.91 Å². The zero-order valence-electron chi connectivity index (χ0n) is 19.0. The number of aromatic nitrogens is 2. The van der Waals surface area contributed by atoms with Crippen LogP contribution in [0.3, 0.4) is 0 Å². The van der Waals surface area contributed by atoms with Gasteiger partial charge in [-0.05, 0) is 36.1 Å². The summed E-state index contributed by atoms with van der Waals surface area (Å²) in [6, 6.07) is 17.9. The summed E-state index contributed by atoms with van der Waals surface area (Å²) in [5.74, 6) is 0.0883. The quantitative estimate of drug-likeness (QED) is 0.329. The van der Waals surface area contributed by atoms with E-state index in [4.69, 9.17) is 4.98 Å². The predicted octanol–water partition coefficient (Wildman–Crippen LogP) is 5.40. The van der Waals surface area contributed by atoms with Crippen LogP contribution in [0, 0.1) is 0 Å². The maximum Gasteiger partial charge on any atom is 0.268 e. The highest BCUT2D eigenvalue weighted by atomic mass is 32.2. The molecule has 0 spiro atoms. The Morgan fingerprint density at radius 2 is 1.91 bits per heavy atom. The highest BCUT2D eigenvalue weighted by Gasteiger charge is 2.26. The van der Waals surface area contributed by atoms with Crippen LogP contribution in [-0.2, 0) is 24.2 Å². The minimum Gasteiger partial charge on any atom is -0.325 e. The van der Waals surface area contributed by atoms with E-state index in [0.717, 1.165) is 41.1 Å². The number of carbonyl (C=O) groups is 1. The fourth-order valence-corrected chi connectivity index (χ4v) is 5.74. The number of amides is 1. The van der Waals surface area contributed by atoms with Crippen LogP contribution in [0.5, 0.6) is 0 Å². The SMILES string of the molecule is CCCCc1ccc(NC(=O)CSc2nc3c(c(=O)n2Cc2ccccc2)SC(C)C3)cc1. The summed E-state index contributed by atoms with van der Waals surface area (Å²) < 4.78 is 1.71. The Morgan fingerprint density at radius 3 is 2.64 bits per heavy atom. The third-order valence-electron chi connectivity index (χ3n) is 5.54. The lowest BCUT2D eigenvalue weighted by Gasteiger charge is -2.14. The first kappa shape index (κ1) is 23.6. The van der Waals surface area contributed by atoms with Gasteiger partial charge in [0.05, 0.1) is 22.9 Å². The van der Waals surface area contributed by atoms with E-state index in [2.05, 4.69) is 31.3 Å². The zero-order chi connectivity index (χ0) is 23.2. The number of aryl methyl sites for hydroxylation is 1. The van der Waals surface area contributed by atoms with Crippen molar-refractivity contribution in [3.63, 3.8) is 0 Å². The Labute approximate surface area is 203 Å². The van der Waals surface area contributed by atoms with Crippen LogP contribution in [0.4, 0.5) is 5.69 Å². The molecule has 1 unspecified atom stereocenters. The van der Waals surface area contributed by atoms with Crippen LogP contribution in [0.25, 0.3) is 0 Å². The van der Waals surface area contributed by atoms with Crippen molar-refractivity contribution in [2.75, 3.05) is 11.1 Å². The molecular weight excluding hydrogens is 450 g/mol. The summed E-state index contributed by atoms with van der Waals surface area (Å²) in [4.78, 5) is 31.4. The van der Waals surface area contributed by atoms with E-state index in [0.29, 0.717) is 17.0 Å². The molecule has 1 amide bonds. The van der Waals surface area contributed by atoms with Gasteiger partial charge in [0.1, 0.15) is 0 Å². The maximum atomic E-state index is 13.3. The number of hydrogen-bond donors (Lipinski definition) is 1. The Bertz CT molecular complexity index is 1160. The molecule has 1 aliphatic rings. The average Bonchev–Trinajstić information content (AvgIpc) is 3.20. The van der Waals surface area contributed by atoms with Crippen molar-refractivity contribution in [2.45, 2.75) is 61.4 Å². The zero-order valence-corrected chi connectivity index (χ0v) is 20.7. The second-order valence-electron chi connectivity index (χ2n) is 8.32. The normalized spacial score (nSPS) is 14.8. The molecule has 2 heterocycles. The van der Waals surface area contributed by atoms with Crippen molar-refractivity contribution in [1.82, 2.24) is 9.55 Å². The first-order chi connectivity index (χ1) is 16.0. The van der Waals surface area contributed by atoms with Crippen molar-refractivity contribution in [2.24, 2.45) is 0 Å². The van der Waals surface area contributed by atoms with Crippen LogP contribution >= 0.6 is 23.5 Å². The standard InChI is InChI=1S/C26H29N3O2S2/c1-3-4-8-19-11-13-21(14-12-19)27-23(30)17-32-26-28-22-15-18(2)33-24(22)25(31)29(26)16-20-9-6-5-7-10-20/h5-7,9-14,18H,3-4,8,15-17H2,1-2H3,(H,27,30). The molecule has 0 radical (unpaired) electrons. The molecule has 7 heteroatoms. The van der Waals surface area contributed by atoms with Gasteiger partial charge < -0.3 is 5.32 Å². The van der Waals surface area contributed by atoms with Gasteiger partial charge in [0.25, 0.3) is 5.56 Å². The number of rotatable bonds is 9.